The highest BCUT2D eigenvalue weighted by atomic mass is 35.5. The second kappa shape index (κ2) is 4.81. The van der Waals surface area contributed by atoms with Crippen LogP contribution in [0.4, 0.5) is 5.69 Å². The first-order chi connectivity index (χ1) is 8.37. The predicted molar refractivity (Wildman–Crippen MR) is 73.5 cm³/mol. The average Bonchev–Trinajstić information content (AvgIpc) is 2.57. The van der Waals surface area contributed by atoms with E-state index < -0.39 is 5.97 Å². The van der Waals surface area contributed by atoms with Crippen molar-refractivity contribution in [1.82, 2.24) is 0 Å². The molecule has 2 rings (SSSR count). The molecule has 4 heteroatoms. The Labute approximate surface area is 112 Å². The highest BCUT2D eigenvalue weighted by Gasteiger charge is 2.31. The summed E-state index contributed by atoms with van der Waals surface area (Å²) in [5.41, 5.74) is 1.24. The lowest BCUT2D eigenvalue weighted by Crippen LogP contribution is -2.19. The quantitative estimate of drug-likeness (QED) is 0.869. The Kier molecular flexibility index (Phi) is 3.53. The Bertz CT molecular complexity index is 471. The third-order valence-corrected chi connectivity index (χ3v) is 3.78. The molecular formula is C14H18ClNO2. The first-order valence-corrected chi connectivity index (χ1v) is 6.54. The van der Waals surface area contributed by atoms with Gasteiger partial charge in [-0.15, -0.1) is 0 Å². The van der Waals surface area contributed by atoms with E-state index in [4.69, 9.17) is 16.7 Å². The number of hydrogen-bond acceptors (Lipinski definition) is 2. The Hall–Kier alpha value is -1.22. The molecule has 0 heterocycles. The Morgan fingerprint density at radius 1 is 1.50 bits per heavy atom. The highest BCUT2D eigenvalue weighted by molar-refractivity contribution is 6.31. The van der Waals surface area contributed by atoms with Crippen molar-refractivity contribution in [1.29, 1.82) is 0 Å². The third kappa shape index (κ3) is 2.96. The van der Waals surface area contributed by atoms with Crippen LogP contribution in [0.15, 0.2) is 18.2 Å². The van der Waals surface area contributed by atoms with Crippen LogP contribution in [-0.4, -0.2) is 17.1 Å². The van der Waals surface area contributed by atoms with Gasteiger partial charge >= 0.3 is 5.97 Å². The lowest BCUT2D eigenvalue weighted by molar-refractivity contribution is 0.0698. The molecule has 1 aliphatic carbocycles. The van der Waals surface area contributed by atoms with E-state index in [1.54, 1.807) is 18.2 Å². The SMILES string of the molecule is CC1(C)CCC(Nc2cc(Cl)ccc2C(=O)O)C1. The summed E-state index contributed by atoms with van der Waals surface area (Å²) in [7, 11) is 0. The first kappa shape index (κ1) is 13.2. The molecule has 2 N–H and O–H groups in total. The number of nitrogens with one attached hydrogen (secondary N) is 1. The number of benzene rings is 1. The average molecular weight is 268 g/mol. The standard InChI is InChI=1S/C14H18ClNO2/c1-14(2)6-5-10(8-14)16-12-7-9(15)3-4-11(12)13(17)18/h3-4,7,10,16H,5-6,8H2,1-2H3,(H,17,18). The number of halogens is 1. The van der Waals surface area contributed by atoms with E-state index in [1.165, 1.54) is 0 Å². The van der Waals surface area contributed by atoms with Gasteiger partial charge in [0.25, 0.3) is 0 Å². The van der Waals surface area contributed by atoms with Gasteiger partial charge in [0, 0.05) is 11.1 Å². The summed E-state index contributed by atoms with van der Waals surface area (Å²) >= 11 is 5.93. The smallest absolute Gasteiger partial charge is 0.337 e. The molecule has 0 bridgehead atoms. The summed E-state index contributed by atoms with van der Waals surface area (Å²) in [6, 6.07) is 5.18. The summed E-state index contributed by atoms with van der Waals surface area (Å²) in [6.07, 6.45) is 3.28. The molecule has 0 aliphatic heterocycles. The van der Waals surface area contributed by atoms with E-state index in [2.05, 4.69) is 19.2 Å². The molecule has 1 fully saturated rings. The van der Waals surface area contributed by atoms with Crippen molar-refractivity contribution in [3.05, 3.63) is 28.8 Å². The van der Waals surface area contributed by atoms with Crippen molar-refractivity contribution in [2.45, 2.75) is 39.2 Å². The van der Waals surface area contributed by atoms with Crippen molar-refractivity contribution >= 4 is 23.3 Å². The molecule has 1 aromatic carbocycles. The van der Waals surface area contributed by atoms with Crippen molar-refractivity contribution in [2.24, 2.45) is 5.41 Å². The van der Waals surface area contributed by atoms with Gasteiger partial charge < -0.3 is 10.4 Å². The summed E-state index contributed by atoms with van der Waals surface area (Å²) in [6.45, 7) is 4.48. The van der Waals surface area contributed by atoms with Crippen LogP contribution in [0.1, 0.15) is 43.5 Å². The lowest BCUT2D eigenvalue weighted by Gasteiger charge is -2.19. The zero-order valence-electron chi connectivity index (χ0n) is 10.7. The van der Waals surface area contributed by atoms with E-state index in [-0.39, 0.29) is 5.56 Å². The van der Waals surface area contributed by atoms with E-state index in [1.807, 2.05) is 0 Å². The summed E-state index contributed by atoms with van der Waals surface area (Å²) < 4.78 is 0. The fourth-order valence-electron chi connectivity index (χ4n) is 2.60. The van der Waals surface area contributed by atoms with Gasteiger partial charge in [-0.05, 0) is 42.9 Å². The van der Waals surface area contributed by atoms with Crippen LogP contribution in [0.5, 0.6) is 0 Å². The second-order valence-corrected chi connectivity index (χ2v) is 6.18. The topological polar surface area (TPSA) is 49.3 Å². The fraction of sp³-hybridized carbons (Fsp3) is 0.500. The van der Waals surface area contributed by atoms with Crippen LogP contribution in [-0.2, 0) is 0 Å². The van der Waals surface area contributed by atoms with Gasteiger partial charge in [0.15, 0.2) is 0 Å². The highest BCUT2D eigenvalue weighted by Crippen LogP contribution is 2.38. The van der Waals surface area contributed by atoms with Gasteiger partial charge in [-0.2, -0.15) is 0 Å². The molecule has 1 atom stereocenters. The van der Waals surface area contributed by atoms with Crippen LogP contribution in [0.3, 0.4) is 0 Å². The van der Waals surface area contributed by atoms with Gasteiger partial charge in [0.05, 0.1) is 11.3 Å². The van der Waals surface area contributed by atoms with Gasteiger partial charge in [-0.25, -0.2) is 4.79 Å². The number of rotatable bonds is 3. The maximum Gasteiger partial charge on any atom is 0.337 e. The van der Waals surface area contributed by atoms with Gasteiger partial charge in [-0.3, -0.25) is 0 Å². The van der Waals surface area contributed by atoms with Crippen molar-refractivity contribution < 1.29 is 9.90 Å². The first-order valence-electron chi connectivity index (χ1n) is 6.17. The van der Waals surface area contributed by atoms with Crippen LogP contribution in [0.2, 0.25) is 5.02 Å². The predicted octanol–water partition coefficient (Wildman–Crippen LogP) is 4.03. The van der Waals surface area contributed by atoms with Gasteiger partial charge in [0.2, 0.25) is 0 Å². The molecule has 0 saturated heterocycles. The summed E-state index contributed by atoms with van der Waals surface area (Å²) in [4.78, 5) is 11.2. The Balaban J connectivity index is 2.18. The number of carboxylic acids is 1. The van der Waals surface area contributed by atoms with Crippen molar-refractivity contribution in [3.8, 4) is 0 Å². The minimum absolute atomic E-state index is 0.282. The molecule has 1 aliphatic rings. The third-order valence-electron chi connectivity index (χ3n) is 3.54. The normalized spacial score (nSPS) is 21.8. The van der Waals surface area contributed by atoms with Gasteiger partial charge in [0.1, 0.15) is 0 Å². The number of aromatic carboxylic acids is 1. The monoisotopic (exact) mass is 267 g/mol. The van der Waals surface area contributed by atoms with E-state index in [0.717, 1.165) is 19.3 Å². The Morgan fingerprint density at radius 2 is 2.22 bits per heavy atom. The minimum Gasteiger partial charge on any atom is -0.478 e. The fourth-order valence-corrected chi connectivity index (χ4v) is 2.77. The molecule has 0 amide bonds. The molecule has 98 valence electrons. The Morgan fingerprint density at radius 3 is 2.78 bits per heavy atom. The zero-order chi connectivity index (χ0) is 13.3. The van der Waals surface area contributed by atoms with Crippen molar-refractivity contribution in [3.63, 3.8) is 0 Å². The maximum absolute atomic E-state index is 11.2. The molecule has 0 aromatic heterocycles. The van der Waals surface area contributed by atoms with Crippen LogP contribution < -0.4 is 5.32 Å². The number of carboxylic acid groups (broad SMARTS) is 1. The second-order valence-electron chi connectivity index (χ2n) is 5.74. The molecule has 3 nitrogen and oxygen atoms in total. The molecule has 0 radical (unpaired) electrons. The number of anilines is 1. The molecule has 1 saturated carbocycles. The number of hydrogen-bond donors (Lipinski definition) is 2. The maximum atomic E-state index is 11.2. The van der Waals surface area contributed by atoms with E-state index in [0.29, 0.717) is 22.2 Å². The molecule has 1 unspecified atom stereocenters. The van der Waals surface area contributed by atoms with Crippen LogP contribution in [0, 0.1) is 5.41 Å². The zero-order valence-corrected chi connectivity index (χ0v) is 11.4. The van der Waals surface area contributed by atoms with Crippen LogP contribution in [0.25, 0.3) is 0 Å². The number of carbonyl (C=O) groups is 1. The lowest BCUT2D eigenvalue weighted by atomic mass is 9.92. The van der Waals surface area contributed by atoms with Gasteiger partial charge in [-0.1, -0.05) is 25.4 Å². The molecular weight excluding hydrogens is 250 g/mol. The van der Waals surface area contributed by atoms with E-state index >= 15 is 0 Å². The molecule has 0 spiro atoms. The molecule has 18 heavy (non-hydrogen) atoms. The van der Waals surface area contributed by atoms with Crippen molar-refractivity contribution in [2.75, 3.05) is 5.32 Å². The summed E-state index contributed by atoms with van der Waals surface area (Å²) in [5.74, 6) is -0.925. The summed E-state index contributed by atoms with van der Waals surface area (Å²) in [5, 5.41) is 13.0. The minimum atomic E-state index is -0.925. The largest absolute Gasteiger partial charge is 0.478 e. The van der Waals surface area contributed by atoms with E-state index in [9.17, 15) is 4.79 Å². The molecule has 1 aromatic rings. The van der Waals surface area contributed by atoms with Crippen LogP contribution >= 0.6 is 11.6 Å².